The van der Waals surface area contributed by atoms with E-state index in [2.05, 4.69) is 20.1 Å². The second-order valence-electron chi connectivity index (χ2n) is 9.09. The first kappa shape index (κ1) is 25.8. The molecule has 0 unspecified atom stereocenters. The molecule has 2 aromatic heterocycles. The van der Waals surface area contributed by atoms with Crippen LogP contribution in [0.4, 0.5) is 10.2 Å². The van der Waals surface area contributed by atoms with Crippen molar-refractivity contribution >= 4 is 45.4 Å². The van der Waals surface area contributed by atoms with E-state index in [9.17, 15) is 9.59 Å². The standard InChI is InChI=1S/C28H25FIN5O3/c1-3-23(36)34(2)11-12-38-26-25(31-16-32-27(26)33-30)19-5-4-6-21(14-19)35-10-9-18-13-20(17-7-8-17)15-22(29)24(18)28(35)37/h3-6,9-10,13-17H,1,7-8,11-12H2,2H3,(H,31,32,33). The van der Waals surface area contributed by atoms with Gasteiger partial charge in [0.05, 0.1) is 34.8 Å². The fourth-order valence-corrected chi connectivity index (χ4v) is 4.73. The molecular weight excluding hydrogens is 600 g/mol. The number of nitrogens with zero attached hydrogens (tertiary/aromatic N) is 4. The Kier molecular flexibility index (Phi) is 7.41. The quantitative estimate of drug-likeness (QED) is 0.155. The summed E-state index contributed by atoms with van der Waals surface area (Å²) in [5.74, 6) is 0.559. The van der Waals surface area contributed by atoms with Crippen LogP contribution >= 0.6 is 22.9 Å². The molecule has 0 atom stereocenters. The number of pyridine rings is 1. The lowest BCUT2D eigenvalue weighted by molar-refractivity contribution is -0.125. The molecule has 1 amide bonds. The summed E-state index contributed by atoms with van der Waals surface area (Å²) in [6.45, 7) is 4.03. The van der Waals surface area contributed by atoms with Crippen molar-refractivity contribution in [2.75, 3.05) is 23.7 Å². The van der Waals surface area contributed by atoms with Gasteiger partial charge in [0.1, 0.15) is 24.4 Å². The van der Waals surface area contributed by atoms with Crippen molar-refractivity contribution in [3.8, 4) is 22.7 Å². The number of fused-ring (bicyclic) bond motifs is 1. The number of carbonyl (C=O) groups excluding carboxylic acids is 1. The van der Waals surface area contributed by atoms with Crippen LogP contribution in [0.25, 0.3) is 27.7 Å². The molecule has 38 heavy (non-hydrogen) atoms. The van der Waals surface area contributed by atoms with E-state index >= 15 is 4.39 Å². The monoisotopic (exact) mass is 625 g/mol. The Morgan fingerprint density at radius 1 is 1.29 bits per heavy atom. The van der Waals surface area contributed by atoms with Crippen LogP contribution in [-0.4, -0.2) is 45.5 Å². The highest BCUT2D eigenvalue weighted by Crippen LogP contribution is 2.41. The number of nitrogens with one attached hydrogen (secondary N) is 1. The van der Waals surface area contributed by atoms with Crippen molar-refractivity contribution in [3.63, 3.8) is 0 Å². The molecule has 1 aliphatic rings. The SMILES string of the molecule is C=CC(=O)N(C)CCOc1c(NI)ncnc1-c1cccc(-n2ccc3cc(C4CC4)cc(F)c3c2=O)c1. The molecule has 1 aliphatic carbocycles. The number of amides is 1. The molecule has 0 spiro atoms. The van der Waals surface area contributed by atoms with Crippen molar-refractivity contribution in [3.05, 3.63) is 89.4 Å². The van der Waals surface area contributed by atoms with E-state index in [0.29, 0.717) is 46.4 Å². The van der Waals surface area contributed by atoms with Gasteiger partial charge in [-0.3, -0.25) is 14.2 Å². The van der Waals surface area contributed by atoms with Gasteiger partial charge in [-0.2, -0.15) is 0 Å². The fraction of sp³-hybridized carbons (Fsp3) is 0.214. The van der Waals surface area contributed by atoms with E-state index in [-0.39, 0.29) is 17.9 Å². The lowest BCUT2D eigenvalue weighted by Gasteiger charge is -2.18. The van der Waals surface area contributed by atoms with Crippen molar-refractivity contribution in [2.24, 2.45) is 0 Å². The predicted octanol–water partition coefficient (Wildman–Crippen LogP) is 5.25. The van der Waals surface area contributed by atoms with E-state index in [1.807, 2.05) is 35.0 Å². The van der Waals surface area contributed by atoms with Crippen LogP contribution in [-0.2, 0) is 4.79 Å². The summed E-state index contributed by atoms with van der Waals surface area (Å²) in [6, 6.07) is 12.4. The van der Waals surface area contributed by atoms with E-state index in [4.69, 9.17) is 4.74 Å². The molecule has 2 aromatic carbocycles. The first-order chi connectivity index (χ1) is 18.4. The molecule has 5 rings (SSSR count). The number of halogens is 2. The molecule has 2 heterocycles. The first-order valence-corrected chi connectivity index (χ1v) is 13.2. The Hall–Kier alpha value is -3.80. The number of benzene rings is 2. The smallest absolute Gasteiger partial charge is 0.265 e. The Morgan fingerprint density at radius 3 is 2.84 bits per heavy atom. The fourth-order valence-electron chi connectivity index (χ4n) is 4.34. The number of carbonyl (C=O) groups is 1. The van der Waals surface area contributed by atoms with Gasteiger partial charge >= 0.3 is 0 Å². The third-order valence-corrected chi connectivity index (χ3v) is 7.05. The molecule has 1 fully saturated rings. The summed E-state index contributed by atoms with van der Waals surface area (Å²) in [5.41, 5.74) is 2.27. The highest BCUT2D eigenvalue weighted by Gasteiger charge is 2.25. The topological polar surface area (TPSA) is 89.3 Å². The van der Waals surface area contributed by atoms with Crippen LogP contribution in [0.2, 0.25) is 0 Å². The Labute approximate surface area is 232 Å². The van der Waals surface area contributed by atoms with Crippen LogP contribution in [0.3, 0.4) is 0 Å². The summed E-state index contributed by atoms with van der Waals surface area (Å²) in [4.78, 5) is 35.3. The van der Waals surface area contributed by atoms with E-state index in [0.717, 1.165) is 18.4 Å². The molecule has 10 heteroatoms. The minimum atomic E-state index is -0.496. The van der Waals surface area contributed by atoms with Gasteiger partial charge in [0.15, 0.2) is 11.6 Å². The van der Waals surface area contributed by atoms with Gasteiger partial charge in [-0.1, -0.05) is 24.8 Å². The number of rotatable bonds is 9. The summed E-state index contributed by atoms with van der Waals surface area (Å²) in [6.07, 6.45) is 6.44. The third kappa shape index (κ3) is 5.13. The normalized spacial score (nSPS) is 12.8. The molecule has 0 bridgehead atoms. The van der Waals surface area contributed by atoms with E-state index in [1.54, 1.807) is 37.5 Å². The van der Waals surface area contributed by atoms with Gasteiger partial charge in [-0.05, 0) is 60.1 Å². The molecule has 8 nitrogen and oxygen atoms in total. The number of likely N-dealkylation sites (N-methyl/N-ethyl adjacent to an activating group) is 1. The molecule has 4 aromatic rings. The maximum absolute atomic E-state index is 15.0. The molecular formula is C28H25FIN5O3. The number of ether oxygens (including phenoxy) is 1. The average Bonchev–Trinajstić information content (AvgIpc) is 3.78. The summed E-state index contributed by atoms with van der Waals surface area (Å²) < 4.78 is 25.5. The maximum Gasteiger partial charge on any atom is 0.265 e. The summed E-state index contributed by atoms with van der Waals surface area (Å²) in [7, 11) is 1.66. The van der Waals surface area contributed by atoms with Gasteiger partial charge in [-0.15, -0.1) is 0 Å². The van der Waals surface area contributed by atoms with Crippen LogP contribution in [0.5, 0.6) is 5.75 Å². The first-order valence-electron chi connectivity index (χ1n) is 12.1. The van der Waals surface area contributed by atoms with Crippen LogP contribution in [0.15, 0.2) is 72.4 Å². The maximum atomic E-state index is 15.0. The molecule has 0 saturated heterocycles. The predicted molar refractivity (Wildman–Crippen MR) is 153 cm³/mol. The largest absolute Gasteiger partial charge is 0.486 e. The zero-order valence-electron chi connectivity index (χ0n) is 20.7. The third-order valence-electron chi connectivity index (χ3n) is 6.54. The van der Waals surface area contributed by atoms with Gasteiger partial charge in [-0.25, -0.2) is 14.4 Å². The van der Waals surface area contributed by atoms with Gasteiger partial charge in [0.2, 0.25) is 5.91 Å². The molecule has 194 valence electrons. The van der Waals surface area contributed by atoms with E-state index in [1.165, 1.54) is 27.9 Å². The zero-order valence-corrected chi connectivity index (χ0v) is 22.8. The number of aromatic nitrogens is 3. The highest BCUT2D eigenvalue weighted by atomic mass is 127. The van der Waals surface area contributed by atoms with Crippen LogP contribution in [0.1, 0.15) is 24.3 Å². The second kappa shape index (κ2) is 10.9. The minimum Gasteiger partial charge on any atom is -0.486 e. The number of hydrogen-bond acceptors (Lipinski definition) is 6. The van der Waals surface area contributed by atoms with Gasteiger partial charge in [0, 0.05) is 24.5 Å². The summed E-state index contributed by atoms with van der Waals surface area (Å²) >= 11 is 1.96. The molecule has 0 radical (unpaired) electrons. The van der Waals surface area contributed by atoms with Crippen molar-refractivity contribution in [1.82, 2.24) is 19.4 Å². The minimum absolute atomic E-state index is 0.0722. The average molecular weight is 625 g/mol. The van der Waals surface area contributed by atoms with Crippen molar-refractivity contribution in [1.29, 1.82) is 0 Å². The van der Waals surface area contributed by atoms with Gasteiger partial charge < -0.3 is 13.2 Å². The van der Waals surface area contributed by atoms with Crippen LogP contribution in [0, 0.1) is 5.82 Å². The lowest BCUT2D eigenvalue weighted by atomic mass is 10.0. The van der Waals surface area contributed by atoms with E-state index < -0.39 is 11.4 Å². The lowest BCUT2D eigenvalue weighted by Crippen LogP contribution is -2.29. The van der Waals surface area contributed by atoms with Crippen LogP contribution < -0.4 is 13.8 Å². The van der Waals surface area contributed by atoms with Gasteiger partial charge in [0.25, 0.3) is 5.56 Å². The van der Waals surface area contributed by atoms with Crippen molar-refractivity contribution < 1.29 is 13.9 Å². The number of anilines is 1. The Morgan fingerprint density at radius 2 is 2.11 bits per heavy atom. The molecule has 0 aliphatic heterocycles. The molecule has 1 N–H and O–H groups in total. The Bertz CT molecular complexity index is 1600. The molecule has 1 saturated carbocycles. The zero-order chi connectivity index (χ0) is 26.8. The second-order valence-corrected chi connectivity index (χ2v) is 9.63. The number of hydrogen-bond donors (Lipinski definition) is 1. The highest BCUT2D eigenvalue weighted by molar-refractivity contribution is 14.1. The van der Waals surface area contributed by atoms with Crippen molar-refractivity contribution in [2.45, 2.75) is 18.8 Å². The Balaban J connectivity index is 1.50. The summed E-state index contributed by atoms with van der Waals surface area (Å²) in [5, 5.41) is 0.677.